The summed E-state index contributed by atoms with van der Waals surface area (Å²) in [6.45, 7) is -0.984. The van der Waals surface area contributed by atoms with Crippen LogP contribution >= 0.6 is 0 Å². The third-order valence-electron chi connectivity index (χ3n) is 4.62. The van der Waals surface area contributed by atoms with Gasteiger partial charge in [0.1, 0.15) is 24.4 Å². The van der Waals surface area contributed by atoms with Gasteiger partial charge >= 0.3 is 5.97 Å². The van der Waals surface area contributed by atoms with Crippen LogP contribution in [0.1, 0.15) is 0 Å². The maximum absolute atomic E-state index is 11.1. The molecule has 0 radical (unpaired) electrons. The molecule has 14 nitrogen and oxygen atoms in total. The van der Waals surface area contributed by atoms with Crippen LogP contribution in [0.3, 0.4) is 0 Å². The standard InChI is InChI=1S/C13H25N3O11/c14-16-15-5-3(6(18)4(1-17)26-12(5)24)2-25-13-9(21)7(19)8(20)10(27-13)11(22)23/h3-10,12-13,15-21,24H,1-2,14H2,(H,22,23)/p+1. The fourth-order valence-electron chi connectivity index (χ4n) is 3.09. The molecule has 2 rings (SSSR count). The van der Waals surface area contributed by atoms with Gasteiger partial charge in [0.05, 0.1) is 25.4 Å². The molecule has 0 aromatic rings. The van der Waals surface area contributed by atoms with E-state index in [0.29, 0.717) is 0 Å². The van der Waals surface area contributed by atoms with Crippen molar-refractivity contribution in [2.45, 2.75) is 55.2 Å². The zero-order valence-corrected chi connectivity index (χ0v) is 14.2. The minimum atomic E-state index is -1.86. The predicted octanol–water partition coefficient (Wildman–Crippen LogP) is -6.80. The Morgan fingerprint density at radius 3 is 2.26 bits per heavy atom. The van der Waals surface area contributed by atoms with Gasteiger partial charge in [0, 0.05) is 5.92 Å². The molecule has 2 saturated heterocycles. The minimum absolute atomic E-state index is 0.395. The van der Waals surface area contributed by atoms with Gasteiger partial charge in [0.15, 0.2) is 18.7 Å². The molecule has 2 fully saturated rings. The Labute approximate surface area is 153 Å². The fourth-order valence-corrected chi connectivity index (χ4v) is 3.09. The van der Waals surface area contributed by atoms with Crippen molar-refractivity contribution < 1.29 is 60.6 Å². The normalized spacial score (nSPS) is 45.6. The van der Waals surface area contributed by atoms with E-state index in [1.807, 2.05) is 0 Å². The summed E-state index contributed by atoms with van der Waals surface area (Å²) in [6.07, 6.45) is -12.8. The third-order valence-corrected chi connectivity index (χ3v) is 4.62. The summed E-state index contributed by atoms with van der Waals surface area (Å²) in [6, 6.07) is -0.952. The number of nitrogens with one attached hydrogen (secondary N) is 2. The van der Waals surface area contributed by atoms with Gasteiger partial charge in [-0.05, 0) is 0 Å². The molecule has 14 heteroatoms. The van der Waals surface area contributed by atoms with Crippen LogP contribution in [0.4, 0.5) is 0 Å². The fraction of sp³-hybridized carbons (Fsp3) is 0.923. The highest BCUT2D eigenvalue weighted by Crippen LogP contribution is 2.28. The number of hydrazine groups is 1. The van der Waals surface area contributed by atoms with E-state index in [1.54, 1.807) is 0 Å². The van der Waals surface area contributed by atoms with Crippen molar-refractivity contribution in [1.82, 2.24) is 11.0 Å². The number of carboxylic acids is 1. The lowest BCUT2D eigenvalue weighted by Crippen LogP contribution is -2.76. The molecule has 0 aliphatic carbocycles. The first-order valence-electron chi connectivity index (χ1n) is 8.17. The van der Waals surface area contributed by atoms with Crippen LogP contribution in [0.15, 0.2) is 0 Å². The Morgan fingerprint density at radius 2 is 1.70 bits per heavy atom. The third kappa shape index (κ3) is 4.70. The lowest BCUT2D eigenvalue weighted by Gasteiger charge is -2.43. The van der Waals surface area contributed by atoms with E-state index in [1.165, 1.54) is 0 Å². The molecule has 27 heavy (non-hydrogen) atoms. The van der Waals surface area contributed by atoms with E-state index < -0.39 is 80.3 Å². The van der Waals surface area contributed by atoms with Crippen molar-refractivity contribution in [1.29, 1.82) is 0 Å². The highest BCUT2D eigenvalue weighted by atomic mass is 16.7. The number of quaternary nitrogens is 1. The van der Waals surface area contributed by atoms with Crippen LogP contribution in [0.25, 0.3) is 0 Å². The number of hydrogen-bond acceptors (Lipinski definition) is 12. The Hall–Kier alpha value is -1.01. The molecule has 2 aliphatic rings. The monoisotopic (exact) mass is 400 g/mol. The second kappa shape index (κ2) is 9.46. The molecule has 10 atom stereocenters. The molecule has 0 spiro atoms. The molecule has 0 amide bonds. The Morgan fingerprint density at radius 1 is 1.04 bits per heavy atom. The van der Waals surface area contributed by atoms with Crippen LogP contribution in [0.2, 0.25) is 0 Å². The summed E-state index contributed by atoms with van der Waals surface area (Å²) in [5, 5.41) is 68.0. The van der Waals surface area contributed by atoms with Crippen molar-refractivity contribution >= 4 is 5.97 Å². The molecule has 0 saturated carbocycles. The molecule has 0 aromatic heterocycles. The van der Waals surface area contributed by atoms with Crippen molar-refractivity contribution in [2.24, 2.45) is 5.92 Å². The number of aliphatic hydroxyl groups is 6. The molecular weight excluding hydrogens is 374 g/mol. The van der Waals surface area contributed by atoms with Gasteiger partial charge in [-0.2, -0.15) is 0 Å². The molecule has 158 valence electrons. The lowest BCUT2D eigenvalue weighted by atomic mass is 9.88. The van der Waals surface area contributed by atoms with E-state index in [9.17, 15) is 35.4 Å². The summed E-state index contributed by atoms with van der Waals surface area (Å²) in [7, 11) is 0. The number of aliphatic carboxylic acids is 1. The van der Waals surface area contributed by atoms with Gasteiger partial charge in [-0.15, -0.1) is 5.53 Å². The van der Waals surface area contributed by atoms with E-state index in [-0.39, 0.29) is 0 Å². The molecular formula is C13H26N3O11+. The SMILES string of the molecule is [NH3+]NNC1C(O)OC(CO)C(O)C1COC1OC(C(=O)O)C(O)C(O)C1O. The average Bonchev–Trinajstić information content (AvgIpc) is 2.63. The summed E-state index contributed by atoms with van der Waals surface area (Å²) in [4.78, 5) is 11.1. The van der Waals surface area contributed by atoms with Crippen molar-refractivity contribution in [3.63, 3.8) is 0 Å². The number of carbonyl (C=O) groups is 1. The Balaban J connectivity index is 2.09. The van der Waals surface area contributed by atoms with Gasteiger partial charge < -0.3 is 50.0 Å². The van der Waals surface area contributed by atoms with Crippen LogP contribution in [-0.4, -0.2) is 110 Å². The molecule has 12 N–H and O–H groups in total. The zero-order chi connectivity index (χ0) is 20.3. The number of rotatable bonds is 7. The van der Waals surface area contributed by atoms with Crippen LogP contribution < -0.4 is 16.8 Å². The first-order chi connectivity index (χ1) is 12.7. The van der Waals surface area contributed by atoms with Gasteiger partial charge in [0.2, 0.25) is 0 Å². The van der Waals surface area contributed by atoms with Gasteiger partial charge in [-0.25, -0.2) is 10.2 Å². The van der Waals surface area contributed by atoms with E-state index in [0.717, 1.165) is 0 Å². The van der Waals surface area contributed by atoms with Crippen LogP contribution in [-0.2, 0) is 19.0 Å². The van der Waals surface area contributed by atoms with Crippen molar-refractivity contribution in [3.05, 3.63) is 0 Å². The van der Waals surface area contributed by atoms with E-state index >= 15 is 0 Å². The smallest absolute Gasteiger partial charge is 0.335 e. The maximum atomic E-state index is 11.1. The first-order valence-corrected chi connectivity index (χ1v) is 8.17. The second-order valence-corrected chi connectivity index (χ2v) is 6.32. The molecule has 2 heterocycles. The van der Waals surface area contributed by atoms with Gasteiger partial charge in [-0.3, -0.25) is 5.84 Å². The summed E-state index contributed by atoms with van der Waals surface area (Å²) >= 11 is 0. The Bertz CT molecular complexity index is 500. The summed E-state index contributed by atoms with van der Waals surface area (Å²) in [5.41, 5.74) is 4.89. The quantitative estimate of drug-likeness (QED) is 0.179. The maximum Gasteiger partial charge on any atom is 0.335 e. The number of aliphatic hydroxyl groups excluding tert-OH is 6. The van der Waals surface area contributed by atoms with E-state index in [4.69, 9.17) is 19.3 Å². The topological polar surface area (TPSA) is 238 Å². The largest absolute Gasteiger partial charge is 0.479 e. The van der Waals surface area contributed by atoms with Crippen molar-refractivity contribution in [2.75, 3.05) is 13.2 Å². The minimum Gasteiger partial charge on any atom is -0.479 e. The van der Waals surface area contributed by atoms with Crippen LogP contribution in [0, 0.1) is 5.92 Å². The lowest BCUT2D eigenvalue weighted by molar-refractivity contribution is -0.462. The molecule has 2 aliphatic heterocycles. The summed E-state index contributed by atoms with van der Waals surface area (Å²) in [5.74, 6) is 0.853. The highest BCUT2D eigenvalue weighted by molar-refractivity contribution is 5.73. The highest BCUT2D eigenvalue weighted by Gasteiger charge is 2.49. The number of ether oxygens (including phenoxy) is 3. The van der Waals surface area contributed by atoms with Gasteiger partial charge in [0.25, 0.3) is 0 Å². The molecule has 10 unspecified atom stereocenters. The van der Waals surface area contributed by atoms with Crippen LogP contribution in [0.5, 0.6) is 0 Å². The Kier molecular flexibility index (Phi) is 7.81. The first kappa shape index (κ1) is 22.3. The van der Waals surface area contributed by atoms with Gasteiger partial charge in [-0.1, -0.05) is 0 Å². The second-order valence-electron chi connectivity index (χ2n) is 6.32. The predicted molar refractivity (Wildman–Crippen MR) is 80.7 cm³/mol. The average molecular weight is 400 g/mol. The molecule has 0 bridgehead atoms. The zero-order valence-electron chi connectivity index (χ0n) is 14.2. The molecule has 0 aromatic carbocycles. The summed E-state index contributed by atoms with van der Waals surface area (Å²) < 4.78 is 15.4. The van der Waals surface area contributed by atoms with E-state index in [2.05, 4.69) is 16.8 Å². The van der Waals surface area contributed by atoms with Crippen molar-refractivity contribution in [3.8, 4) is 0 Å². The number of hydrogen-bond donors (Lipinski definition) is 10. The number of carboxylic acid groups (broad SMARTS) is 1.